The predicted molar refractivity (Wildman–Crippen MR) is 60.5 cm³/mol. The molecule has 1 aromatic carbocycles. The van der Waals surface area contributed by atoms with Gasteiger partial charge in [0.25, 0.3) is 0 Å². The second-order valence-corrected chi connectivity index (χ2v) is 3.02. The number of carbonyl (C=O) groups is 1. The van der Waals surface area contributed by atoms with E-state index in [1.807, 2.05) is 0 Å². The monoisotopic (exact) mass is 222 g/mol. The Bertz CT molecular complexity index is 385. The molecule has 0 bridgehead atoms. The highest BCUT2D eigenvalue weighted by atomic mass is 16.5. The SMILES string of the molecule is C=Cc1ccc(OCCO)c(C(=O)OC)c1. The summed E-state index contributed by atoms with van der Waals surface area (Å²) in [6.45, 7) is 3.65. The second kappa shape index (κ2) is 5.92. The van der Waals surface area contributed by atoms with E-state index in [2.05, 4.69) is 11.3 Å². The molecule has 86 valence electrons. The fourth-order valence-electron chi connectivity index (χ4n) is 1.23. The van der Waals surface area contributed by atoms with Gasteiger partial charge in [0.15, 0.2) is 0 Å². The van der Waals surface area contributed by atoms with Gasteiger partial charge in [0, 0.05) is 0 Å². The first-order valence-corrected chi connectivity index (χ1v) is 4.81. The molecular weight excluding hydrogens is 208 g/mol. The molecule has 0 fully saturated rings. The highest BCUT2D eigenvalue weighted by Crippen LogP contribution is 2.21. The van der Waals surface area contributed by atoms with Crippen LogP contribution in [0.25, 0.3) is 6.08 Å². The van der Waals surface area contributed by atoms with Gasteiger partial charge in [0.2, 0.25) is 0 Å². The van der Waals surface area contributed by atoms with E-state index in [0.717, 1.165) is 5.56 Å². The van der Waals surface area contributed by atoms with Crippen molar-refractivity contribution < 1.29 is 19.4 Å². The average molecular weight is 222 g/mol. The zero-order valence-corrected chi connectivity index (χ0v) is 9.10. The summed E-state index contributed by atoms with van der Waals surface area (Å²) in [5, 5.41) is 8.66. The van der Waals surface area contributed by atoms with Crippen molar-refractivity contribution in [3.63, 3.8) is 0 Å². The number of hydrogen-bond acceptors (Lipinski definition) is 4. The van der Waals surface area contributed by atoms with Gasteiger partial charge in [-0.05, 0) is 17.7 Å². The lowest BCUT2D eigenvalue weighted by Crippen LogP contribution is -2.08. The summed E-state index contributed by atoms with van der Waals surface area (Å²) in [7, 11) is 1.30. The van der Waals surface area contributed by atoms with Crippen molar-refractivity contribution >= 4 is 12.0 Å². The van der Waals surface area contributed by atoms with Crippen molar-refractivity contribution in [2.75, 3.05) is 20.3 Å². The van der Waals surface area contributed by atoms with Gasteiger partial charge in [0.1, 0.15) is 17.9 Å². The molecule has 0 aliphatic heterocycles. The smallest absolute Gasteiger partial charge is 0.341 e. The van der Waals surface area contributed by atoms with Gasteiger partial charge in [-0.3, -0.25) is 0 Å². The topological polar surface area (TPSA) is 55.8 Å². The Kier molecular flexibility index (Phi) is 4.54. The van der Waals surface area contributed by atoms with Crippen molar-refractivity contribution in [2.45, 2.75) is 0 Å². The Morgan fingerprint density at radius 2 is 2.31 bits per heavy atom. The van der Waals surface area contributed by atoms with Crippen LogP contribution in [0, 0.1) is 0 Å². The largest absolute Gasteiger partial charge is 0.490 e. The molecule has 0 aliphatic carbocycles. The van der Waals surface area contributed by atoms with E-state index in [1.54, 1.807) is 24.3 Å². The maximum atomic E-state index is 11.5. The molecule has 0 radical (unpaired) electrons. The minimum Gasteiger partial charge on any atom is -0.490 e. The highest BCUT2D eigenvalue weighted by molar-refractivity contribution is 5.93. The van der Waals surface area contributed by atoms with E-state index in [9.17, 15) is 4.79 Å². The normalized spacial score (nSPS) is 9.62. The fourth-order valence-corrected chi connectivity index (χ4v) is 1.23. The second-order valence-electron chi connectivity index (χ2n) is 3.02. The van der Waals surface area contributed by atoms with Crippen molar-refractivity contribution in [1.82, 2.24) is 0 Å². The van der Waals surface area contributed by atoms with E-state index in [1.165, 1.54) is 7.11 Å². The van der Waals surface area contributed by atoms with E-state index < -0.39 is 5.97 Å². The first kappa shape index (κ1) is 12.3. The highest BCUT2D eigenvalue weighted by Gasteiger charge is 2.13. The third-order valence-corrected chi connectivity index (χ3v) is 1.99. The molecule has 4 nitrogen and oxygen atoms in total. The molecule has 0 saturated carbocycles. The lowest BCUT2D eigenvalue weighted by atomic mass is 10.1. The average Bonchev–Trinajstić information content (AvgIpc) is 2.35. The van der Waals surface area contributed by atoms with Crippen molar-refractivity contribution in [1.29, 1.82) is 0 Å². The summed E-state index contributed by atoms with van der Waals surface area (Å²) >= 11 is 0. The van der Waals surface area contributed by atoms with Crippen LogP contribution in [0.2, 0.25) is 0 Å². The molecule has 0 spiro atoms. The van der Waals surface area contributed by atoms with Crippen LogP contribution < -0.4 is 4.74 Å². The fraction of sp³-hybridized carbons (Fsp3) is 0.250. The molecule has 4 heteroatoms. The molecule has 1 rings (SSSR count). The van der Waals surface area contributed by atoms with Gasteiger partial charge in [-0.15, -0.1) is 0 Å². The molecule has 1 aromatic rings. The summed E-state index contributed by atoms with van der Waals surface area (Å²) in [6.07, 6.45) is 1.63. The third-order valence-electron chi connectivity index (χ3n) is 1.99. The number of aliphatic hydroxyl groups excluding tert-OH is 1. The van der Waals surface area contributed by atoms with Crippen molar-refractivity contribution in [3.05, 3.63) is 35.9 Å². The van der Waals surface area contributed by atoms with Gasteiger partial charge in [-0.25, -0.2) is 4.79 Å². The molecule has 0 atom stereocenters. The quantitative estimate of drug-likeness (QED) is 0.767. The van der Waals surface area contributed by atoms with Gasteiger partial charge in [-0.2, -0.15) is 0 Å². The van der Waals surface area contributed by atoms with Crippen molar-refractivity contribution in [3.8, 4) is 5.75 Å². The van der Waals surface area contributed by atoms with Crippen LogP contribution in [0.5, 0.6) is 5.75 Å². The Morgan fingerprint density at radius 3 is 2.88 bits per heavy atom. The maximum absolute atomic E-state index is 11.5. The first-order valence-electron chi connectivity index (χ1n) is 4.81. The Balaban J connectivity index is 3.05. The standard InChI is InChI=1S/C12H14O4/c1-3-9-4-5-11(16-7-6-13)10(8-9)12(14)15-2/h3-5,8,13H,1,6-7H2,2H3. The van der Waals surface area contributed by atoms with Gasteiger partial charge < -0.3 is 14.6 Å². The number of rotatable bonds is 5. The van der Waals surface area contributed by atoms with Crippen LogP contribution in [-0.4, -0.2) is 31.4 Å². The number of carbonyl (C=O) groups excluding carboxylic acids is 1. The van der Waals surface area contributed by atoms with Crippen LogP contribution in [0.4, 0.5) is 0 Å². The molecule has 0 amide bonds. The first-order chi connectivity index (χ1) is 7.72. The van der Waals surface area contributed by atoms with Crippen LogP contribution in [-0.2, 0) is 4.74 Å². The summed E-state index contributed by atoms with van der Waals surface area (Å²) in [5.74, 6) is -0.0804. The van der Waals surface area contributed by atoms with Gasteiger partial charge in [0.05, 0.1) is 13.7 Å². The Labute approximate surface area is 94.1 Å². The van der Waals surface area contributed by atoms with E-state index >= 15 is 0 Å². The number of hydrogen-bond donors (Lipinski definition) is 1. The summed E-state index contributed by atoms with van der Waals surface area (Å²) < 4.78 is 9.86. The minimum atomic E-state index is -0.475. The molecule has 0 heterocycles. The molecular formula is C12H14O4. The molecule has 0 aromatic heterocycles. The lowest BCUT2D eigenvalue weighted by molar-refractivity contribution is 0.0594. The zero-order chi connectivity index (χ0) is 12.0. The summed E-state index contributed by atoms with van der Waals surface area (Å²) in [6, 6.07) is 5.05. The number of methoxy groups -OCH3 is 1. The lowest BCUT2D eigenvalue weighted by Gasteiger charge is -2.09. The van der Waals surface area contributed by atoms with Crippen LogP contribution in [0.15, 0.2) is 24.8 Å². The predicted octanol–water partition coefficient (Wildman–Crippen LogP) is 1.49. The van der Waals surface area contributed by atoms with Crippen molar-refractivity contribution in [2.24, 2.45) is 0 Å². The van der Waals surface area contributed by atoms with Gasteiger partial charge in [-0.1, -0.05) is 18.7 Å². The zero-order valence-electron chi connectivity index (χ0n) is 9.10. The van der Waals surface area contributed by atoms with Crippen LogP contribution in [0.3, 0.4) is 0 Å². The Morgan fingerprint density at radius 1 is 1.56 bits per heavy atom. The molecule has 1 N–H and O–H groups in total. The molecule has 0 saturated heterocycles. The van der Waals surface area contributed by atoms with E-state index in [4.69, 9.17) is 9.84 Å². The summed E-state index contributed by atoms with van der Waals surface area (Å²) in [4.78, 5) is 11.5. The molecule has 0 unspecified atom stereocenters. The van der Waals surface area contributed by atoms with Crippen LogP contribution in [0.1, 0.15) is 15.9 Å². The minimum absolute atomic E-state index is 0.107. The molecule has 16 heavy (non-hydrogen) atoms. The van der Waals surface area contributed by atoms with E-state index in [0.29, 0.717) is 11.3 Å². The van der Waals surface area contributed by atoms with Crippen LogP contribution >= 0.6 is 0 Å². The number of esters is 1. The summed E-state index contributed by atoms with van der Waals surface area (Å²) in [5.41, 5.74) is 1.13. The number of ether oxygens (including phenoxy) is 2. The number of benzene rings is 1. The molecule has 0 aliphatic rings. The Hall–Kier alpha value is -1.81. The maximum Gasteiger partial charge on any atom is 0.341 e. The number of aliphatic hydroxyl groups is 1. The van der Waals surface area contributed by atoms with E-state index in [-0.39, 0.29) is 13.2 Å². The third kappa shape index (κ3) is 2.84. The van der Waals surface area contributed by atoms with Gasteiger partial charge >= 0.3 is 5.97 Å².